The van der Waals surface area contributed by atoms with Gasteiger partial charge >= 0.3 is 0 Å². The van der Waals surface area contributed by atoms with E-state index in [0.29, 0.717) is 49.9 Å². The molecular weight excluding hydrogens is 503 g/mol. The number of methoxy groups -OCH3 is 1. The SMILES string of the molecule is CCc1nccn1CCOc1ccc(CN2CC[C@H](O)[C@@](O)(COc3cc(F)c(F)c(F)c3)C2)cc1OC. The van der Waals surface area contributed by atoms with E-state index >= 15 is 0 Å². The minimum absolute atomic E-state index is 0.0472. The van der Waals surface area contributed by atoms with Crippen molar-refractivity contribution in [3.05, 3.63) is 71.6 Å². The third kappa shape index (κ3) is 6.40. The summed E-state index contributed by atoms with van der Waals surface area (Å²) in [6.07, 6.45) is 3.67. The van der Waals surface area contributed by atoms with Crippen molar-refractivity contribution >= 4 is 0 Å². The number of aliphatic hydroxyl groups excluding tert-OH is 1. The summed E-state index contributed by atoms with van der Waals surface area (Å²) in [5, 5.41) is 21.5. The molecule has 206 valence electrons. The Balaban J connectivity index is 1.36. The molecule has 0 radical (unpaired) electrons. The van der Waals surface area contributed by atoms with Crippen LogP contribution in [-0.4, -0.2) is 69.8 Å². The van der Waals surface area contributed by atoms with Crippen LogP contribution in [0.1, 0.15) is 24.7 Å². The number of likely N-dealkylation sites (tertiary alicyclic amines) is 1. The number of β-amino-alcohol motifs (C(OH)–C–C–N with tert-alkyl or cyclic N) is 1. The van der Waals surface area contributed by atoms with Crippen molar-refractivity contribution in [3.63, 3.8) is 0 Å². The lowest BCUT2D eigenvalue weighted by Crippen LogP contribution is -2.59. The van der Waals surface area contributed by atoms with Gasteiger partial charge in [-0.25, -0.2) is 18.2 Å². The summed E-state index contributed by atoms with van der Waals surface area (Å²) >= 11 is 0. The van der Waals surface area contributed by atoms with Crippen molar-refractivity contribution in [1.82, 2.24) is 14.5 Å². The van der Waals surface area contributed by atoms with Crippen LogP contribution in [0.15, 0.2) is 42.7 Å². The minimum Gasteiger partial charge on any atom is -0.493 e. The van der Waals surface area contributed by atoms with Crippen molar-refractivity contribution in [3.8, 4) is 17.2 Å². The van der Waals surface area contributed by atoms with Gasteiger partial charge in [0.25, 0.3) is 0 Å². The van der Waals surface area contributed by atoms with Crippen molar-refractivity contribution in [2.24, 2.45) is 0 Å². The normalized spacial score (nSPS) is 19.9. The van der Waals surface area contributed by atoms with Gasteiger partial charge in [0.15, 0.2) is 29.0 Å². The number of rotatable bonds is 11. The van der Waals surface area contributed by atoms with Gasteiger partial charge in [-0.1, -0.05) is 13.0 Å². The highest BCUT2D eigenvalue weighted by Gasteiger charge is 2.42. The van der Waals surface area contributed by atoms with E-state index in [-0.39, 0.29) is 18.7 Å². The second kappa shape index (κ2) is 12.1. The molecule has 1 aliphatic heterocycles. The number of halogens is 3. The molecule has 4 rings (SSSR count). The maximum absolute atomic E-state index is 13.5. The fraction of sp³-hybridized carbons (Fsp3) is 0.444. The molecule has 2 heterocycles. The number of aromatic nitrogens is 2. The summed E-state index contributed by atoms with van der Waals surface area (Å²) in [6.45, 7) is 3.72. The Morgan fingerprint density at radius 1 is 1.11 bits per heavy atom. The zero-order valence-corrected chi connectivity index (χ0v) is 21.4. The van der Waals surface area contributed by atoms with Crippen molar-refractivity contribution < 1.29 is 37.6 Å². The number of imidazole rings is 1. The molecule has 2 atom stereocenters. The lowest BCUT2D eigenvalue weighted by molar-refractivity contribution is -0.140. The van der Waals surface area contributed by atoms with E-state index in [1.54, 1.807) is 13.3 Å². The van der Waals surface area contributed by atoms with Crippen LogP contribution in [0.25, 0.3) is 0 Å². The predicted molar refractivity (Wildman–Crippen MR) is 133 cm³/mol. The molecule has 38 heavy (non-hydrogen) atoms. The van der Waals surface area contributed by atoms with Gasteiger partial charge in [0.1, 0.15) is 30.4 Å². The van der Waals surface area contributed by atoms with Crippen LogP contribution in [0.2, 0.25) is 0 Å². The predicted octanol–water partition coefficient (Wildman–Crippen LogP) is 3.33. The topological polar surface area (TPSA) is 89.2 Å². The average Bonchev–Trinajstić information content (AvgIpc) is 3.36. The monoisotopic (exact) mass is 535 g/mol. The Morgan fingerprint density at radius 2 is 1.87 bits per heavy atom. The number of hydrogen-bond acceptors (Lipinski definition) is 7. The Labute approximate surface area is 219 Å². The highest BCUT2D eigenvalue weighted by atomic mass is 19.2. The summed E-state index contributed by atoms with van der Waals surface area (Å²) in [6, 6.07) is 6.98. The largest absolute Gasteiger partial charge is 0.493 e. The van der Waals surface area contributed by atoms with Gasteiger partial charge in [0.2, 0.25) is 0 Å². The van der Waals surface area contributed by atoms with E-state index in [1.165, 1.54) is 0 Å². The summed E-state index contributed by atoms with van der Waals surface area (Å²) in [5.74, 6) is -2.51. The van der Waals surface area contributed by atoms with Crippen LogP contribution in [0.5, 0.6) is 17.2 Å². The van der Waals surface area contributed by atoms with Gasteiger partial charge in [0.05, 0.1) is 19.8 Å². The number of hydrogen-bond donors (Lipinski definition) is 2. The van der Waals surface area contributed by atoms with Gasteiger partial charge in [0, 0.05) is 50.6 Å². The van der Waals surface area contributed by atoms with Gasteiger partial charge in [-0.15, -0.1) is 0 Å². The van der Waals surface area contributed by atoms with Gasteiger partial charge < -0.3 is 29.0 Å². The number of aryl methyl sites for hydroxylation is 1. The molecule has 1 aliphatic rings. The smallest absolute Gasteiger partial charge is 0.194 e. The maximum Gasteiger partial charge on any atom is 0.194 e. The maximum atomic E-state index is 13.5. The zero-order chi connectivity index (χ0) is 27.3. The molecule has 0 bridgehead atoms. The van der Waals surface area contributed by atoms with Crippen molar-refractivity contribution in [2.75, 3.05) is 33.4 Å². The van der Waals surface area contributed by atoms with E-state index in [9.17, 15) is 23.4 Å². The number of piperidine rings is 1. The van der Waals surface area contributed by atoms with E-state index in [4.69, 9.17) is 14.2 Å². The molecule has 3 aromatic rings. The van der Waals surface area contributed by atoms with Gasteiger partial charge in [-0.3, -0.25) is 4.90 Å². The molecule has 2 N–H and O–H groups in total. The first-order valence-corrected chi connectivity index (χ1v) is 12.4. The number of aliphatic hydroxyl groups is 2. The molecule has 8 nitrogen and oxygen atoms in total. The second-order valence-electron chi connectivity index (χ2n) is 9.33. The van der Waals surface area contributed by atoms with Crippen LogP contribution < -0.4 is 14.2 Å². The quantitative estimate of drug-likeness (QED) is 0.364. The third-order valence-corrected chi connectivity index (χ3v) is 6.62. The van der Waals surface area contributed by atoms with E-state index in [1.807, 2.05) is 40.8 Å². The first-order valence-electron chi connectivity index (χ1n) is 12.4. The van der Waals surface area contributed by atoms with E-state index < -0.39 is 35.8 Å². The Bertz CT molecular complexity index is 1220. The lowest BCUT2D eigenvalue weighted by Gasteiger charge is -2.42. The first kappa shape index (κ1) is 27.7. The van der Waals surface area contributed by atoms with Gasteiger partial charge in [-0.05, 0) is 24.1 Å². The Morgan fingerprint density at radius 3 is 2.58 bits per heavy atom. The third-order valence-electron chi connectivity index (χ3n) is 6.62. The highest BCUT2D eigenvalue weighted by molar-refractivity contribution is 5.43. The molecule has 0 spiro atoms. The summed E-state index contributed by atoms with van der Waals surface area (Å²) in [4.78, 5) is 6.24. The lowest BCUT2D eigenvalue weighted by atomic mass is 9.90. The van der Waals surface area contributed by atoms with E-state index in [0.717, 1.165) is 17.8 Å². The van der Waals surface area contributed by atoms with Crippen LogP contribution >= 0.6 is 0 Å². The van der Waals surface area contributed by atoms with Gasteiger partial charge in [-0.2, -0.15) is 0 Å². The molecule has 0 unspecified atom stereocenters. The minimum atomic E-state index is -1.70. The fourth-order valence-corrected chi connectivity index (χ4v) is 4.55. The number of ether oxygens (including phenoxy) is 3. The Hall–Kier alpha value is -3.28. The Kier molecular flexibility index (Phi) is 8.80. The molecule has 1 fully saturated rings. The molecule has 11 heteroatoms. The van der Waals surface area contributed by atoms with Crippen molar-refractivity contribution in [1.29, 1.82) is 0 Å². The fourth-order valence-electron chi connectivity index (χ4n) is 4.55. The van der Waals surface area contributed by atoms with Crippen LogP contribution in [0.4, 0.5) is 13.2 Å². The molecule has 0 aliphatic carbocycles. The number of benzene rings is 2. The first-order chi connectivity index (χ1) is 18.2. The molecule has 1 saturated heterocycles. The van der Waals surface area contributed by atoms with Crippen molar-refractivity contribution in [2.45, 2.75) is 44.6 Å². The number of nitrogens with zero attached hydrogens (tertiary/aromatic N) is 3. The zero-order valence-electron chi connectivity index (χ0n) is 21.4. The highest BCUT2D eigenvalue weighted by Crippen LogP contribution is 2.30. The summed E-state index contributed by atoms with van der Waals surface area (Å²) in [7, 11) is 1.56. The molecule has 1 aromatic heterocycles. The average molecular weight is 536 g/mol. The molecular formula is C27H32F3N3O5. The van der Waals surface area contributed by atoms with Crippen LogP contribution in [0.3, 0.4) is 0 Å². The second-order valence-corrected chi connectivity index (χ2v) is 9.33. The summed E-state index contributed by atoms with van der Waals surface area (Å²) < 4.78 is 59.0. The summed E-state index contributed by atoms with van der Waals surface area (Å²) in [5.41, 5.74) is -0.795. The molecule has 0 saturated carbocycles. The standard InChI is InChI=1S/C27H32F3N3O5/c1-3-25-31-7-9-33(25)10-11-37-22-5-4-18(12-23(22)36-2)15-32-8-6-24(34)27(35,16-32)17-38-19-13-20(28)26(30)21(29)14-19/h4-5,7,9,12-14,24,34-35H,3,6,8,10-11,15-17H2,1-2H3/t24-,27-/m0/s1. The van der Waals surface area contributed by atoms with Crippen LogP contribution in [-0.2, 0) is 19.5 Å². The molecule has 0 amide bonds. The van der Waals surface area contributed by atoms with Crippen LogP contribution in [0, 0.1) is 17.5 Å². The molecule has 2 aromatic carbocycles. The van der Waals surface area contributed by atoms with E-state index in [2.05, 4.69) is 4.98 Å².